The summed E-state index contributed by atoms with van der Waals surface area (Å²) in [5, 5.41) is 0. The Kier molecular flexibility index (Phi) is 4.28. The fourth-order valence-electron chi connectivity index (χ4n) is 3.26. The summed E-state index contributed by atoms with van der Waals surface area (Å²) in [7, 11) is 2.29. The van der Waals surface area contributed by atoms with Crippen molar-refractivity contribution >= 4 is 7.85 Å². The van der Waals surface area contributed by atoms with E-state index in [9.17, 15) is 13.2 Å². The number of hydrogen-bond acceptors (Lipinski definition) is 0. The third-order valence-corrected chi connectivity index (χ3v) is 4.72. The smallest absolute Gasteiger partial charge is 0.194 e. The van der Waals surface area contributed by atoms with Crippen LogP contribution in [-0.2, 0) is 0 Å². The van der Waals surface area contributed by atoms with Crippen LogP contribution in [0, 0.1) is 17.5 Å². The van der Waals surface area contributed by atoms with E-state index in [0.717, 1.165) is 17.9 Å². The van der Waals surface area contributed by atoms with Gasteiger partial charge in [-0.05, 0) is 47.6 Å². The normalized spacial score (nSPS) is 21.8. The molecule has 0 bridgehead atoms. The molecule has 2 aromatic rings. The molecular formula is C18H18BF3. The van der Waals surface area contributed by atoms with Crippen molar-refractivity contribution in [3.63, 3.8) is 0 Å². The molecule has 1 aliphatic carbocycles. The molecule has 114 valence electrons. The van der Waals surface area contributed by atoms with Crippen molar-refractivity contribution in [2.24, 2.45) is 0 Å². The maximum absolute atomic E-state index is 13.3. The maximum atomic E-state index is 13.3. The van der Waals surface area contributed by atoms with Crippen molar-refractivity contribution in [3.05, 3.63) is 59.4 Å². The Labute approximate surface area is 129 Å². The number of hydrogen-bond donors (Lipinski definition) is 0. The van der Waals surface area contributed by atoms with Gasteiger partial charge in [-0.2, -0.15) is 0 Å². The first kappa shape index (κ1) is 15.2. The van der Waals surface area contributed by atoms with E-state index in [2.05, 4.69) is 7.85 Å². The van der Waals surface area contributed by atoms with Crippen LogP contribution >= 0.6 is 0 Å². The molecule has 0 aromatic heterocycles. The molecule has 0 atom stereocenters. The lowest BCUT2D eigenvalue weighted by atomic mass is 9.70. The van der Waals surface area contributed by atoms with Gasteiger partial charge in [0.2, 0.25) is 0 Å². The average molecular weight is 302 g/mol. The SMILES string of the molecule is BC1CCC(c2ccc(-c3cc(F)c(F)c(F)c3)cc2)CC1. The van der Waals surface area contributed by atoms with Crippen LogP contribution in [0.4, 0.5) is 13.2 Å². The van der Waals surface area contributed by atoms with Crippen molar-refractivity contribution in [1.82, 2.24) is 0 Å². The summed E-state index contributed by atoms with van der Waals surface area (Å²) in [5.41, 5.74) is 2.34. The number of benzene rings is 2. The Bertz CT molecular complexity index is 636. The van der Waals surface area contributed by atoms with Crippen molar-refractivity contribution < 1.29 is 13.2 Å². The Balaban J connectivity index is 1.82. The van der Waals surface area contributed by atoms with E-state index < -0.39 is 17.5 Å². The first-order valence-corrected chi connectivity index (χ1v) is 7.79. The first-order valence-electron chi connectivity index (χ1n) is 7.79. The van der Waals surface area contributed by atoms with Gasteiger partial charge in [0.15, 0.2) is 17.5 Å². The summed E-state index contributed by atoms with van der Waals surface area (Å²) in [6.45, 7) is 0. The lowest BCUT2D eigenvalue weighted by Crippen LogP contribution is -2.09. The molecule has 0 radical (unpaired) electrons. The van der Waals surface area contributed by atoms with E-state index in [1.165, 1.54) is 31.2 Å². The molecule has 0 spiro atoms. The van der Waals surface area contributed by atoms with E-state index >= 15 is 0 Å². The second-order valence-electron chi connectivity index (χ2n) is 6.33. The zero-order valence-corrected chi connectivity index (χ0v) is 12.6. The van der Waals surface area contributed by atoms with E-state index in [1.807, 2.05) is 24.3 Å². The van der Waals surface area contributed by atoms with E-state index in [1.54, 1.807) is 0 Å². The monoisotopic (exact) mass is 302 g/mol. The van der Waals surface area contributed by atoms with Gasteiger partial charge in [-0.3, -0.25) is 0 Å². The van der Waals surface area contributed by atoms with Crippen molar-refractivity contribution in [1.29, 1.82) is 0 Å². The van der Waals surface area contributed by atoms with Crippen LogP contribution in [0.1, 0.15) is 37.2 Å². The Morgan fingerprint density at radius 3 is 1.86 bits per heavy atom. The summed E-state index contributed by atoms with van der Waals surface area (Å²) < 4.78 is 39.6. The lowest BCUT2D eigenvalue weighted by molar-refractivity contribution is 0.444. The van der Waals surface area contributed by atoms with Crippen molar-refractivity contribution in [3.8, 4) is 11.1 Å². The number of halogens is 3. The number of rotatable bonds is 2. The molecule has 0 heterocycles. The van der Waals surface area contributed by atoms with Gasteiger partial charge in [0.05, 0.1) is 0 Å². The summed E-state index contributed by atoms with van der Waals surface area (Å²) in [4.78, 5) is 0. The second-order valence-corrected chi connectivity index (χ2v) is 6.33. The summed E-state index contributed by atoms with van der Waals surface area (Å²) in [5.74, 6) is -2.34. The molecular weight excluding hydrogens is 284 g/mol. The summed E-state index contributed by atoms with van der Waals surface area (Å²) in [6, 6.07) is 9.84. The highest BCUT2D eigenvalue weighted by Gasteiger charge is 2.19. The van der Waals surface area contributed by atoms with Crippen LogP contribution in [0.5, 0.6) is 0 Å². The van der Waals surface area contributed by atoms with E-state index in [0.29, 0.717) is 17.0 Å². The van der Waals surface area contributed by atoms with Crippen molar-refractivity contribution in [2.45, 2.75) is 37.4 Å². The van der Waals surface area contributed by atoms with Crippen LogP contribution in [0.2, 0.25) is 5.82 Å². The molecule has 0 saturated heterocycles. The third-order valence-electron chi connectivity index (χ3n) is 4.72. The molecule has 3 rings (SSSR count). The highest BCUT2D eigenvalue weighted by atomic mass is 19.2. The Hall–Kier alpha value is -1.71. The van der Waals surface area contributed by atoms with E-state index in [-0.39, 0.29) is 0 Å². The molecule has 1 saturated carbocycles. The second kappa shape index (κ2) is 6.19. The lowest BCUT2D eigenvalue weighted by Gasteiger charge is -2.26. The van der Waals surface area contributed by atoms with Gasteiger partial charge < -0.3 is 0 Å². The highest BCUT2D eigenvalue weighted by molar-refractivity contribution is 6.11. The standard InChI is InChI=1S/C18H18BF3/c19-15-7-5-12(6-8-15)11-1-3-13(4-2-11)14-9-16(20)18(22)17(21)10-14/h1-4,9-10,12,15H,5-8,19H2. The predicted octanol–water partition coefficient (Wildman–Crippen LogP) is 4.85. The molecule has 0 unspecified atom stereocenters. The van der Waals surface area contributed by atoms with Crippen LogP contribution in [0.15, 0.2) is 36.4 Å². The third kappa shape index (κ3) is 3.06. The van der Waals surface area contributed by atoms with Gasteiger partial charge in [0.1, 0.15) is 7.85 Å². The molecule has 0 aliphatic heterocycles. The van der Waals surface area contributed by atoms with Gasteiger partial charge in [0.25, 0.3) is 0 Å². The van der Waals surface area contributed by atoms with Gasteiger partial charge in [-0.1, -0.05) is 42.9 Å². The van der Waals surface area contributed by atoms with Crippen molar-refractivity contribution in [2.75, 3.05) is 0 Å². The minimum atomic E-state index is -1.42. The first-order chi connectivity index (χ1) is 10.5. The minimum absolute atomic E-state index is 0.361. The van der Waals surface area contributed by atoms with Gasteiger partial charge in [-0.15, -0.1) is 0 Å². The van der Waals surface area contributed by atoms with Crippen LogP contribution in [0.25, 0.3) is 11.1 Å². The topological polar surface area (TPSA) is 0 Å². The molecule has 0 nitrogen and oxygen atoms in total. The summed E-state index contributed by atoms with van der Waals surface area (Å²) >= 11 is 0. The fourth-order valence-corrected chi connectivity index (χ4v) is 3.26. The Morgan fingerprint density at radius 1 is 0.773 bits per heavy atom. The van der Waals surface area contributed by atoms with Crippen LogP contribution in [0.3, 0.4) is 0 Å². The minimum Gasteiger partial charge on any atom is -0.204 e. The average Bonchev–Trinajstić information content (AvgIpc) is 2.53. The predicted molar refractivity (Wildman–Crippen MR) is 85.3 cm³/mol. The zero-order valence-electron chi connectivity index (χ0n) is 12.6. The van der Waals surface area contributed by atoms with Gasteiger partial charge >= 0.3 is 0 Å². The molecule has 22 heavy (non-hydrogen) atoms. The van der Waals surface area contributed by atoms with Gasteiger partial charge in [-0.25, -0.2) is 13.2 Å². The largest absolute Gasteiger partial charge is 0.204 e. The quantitative estimate of drug-likeness (QED) is 0.549. The van der Waals surface area contributed by atoms with Gasteiger partial charge in [0, 0.05) is 0 Å². The van der Waals surface area contributed by atoms with E-state index in [4.69, 9.17) is 0 Å². The molecule has 1 aliphatic rings. The maximum Gasteiger partial charge on any atom is 0.194 e. The molecule has 4 heteroatoms. The fraction of sp³-hybridized carbons (Fsp3) is 0.333. The zero-order chi connectivity index (χ0) is 15.7. The molecule has 2 aromatic carbocycles. The molecule has 1 fully saturated rings. The Morgan fingerprint density at radius 2 is 1.32 bits per heavy atom. The molecule has 0 amide bonds. The van der Waals surface area contributed by atoms with Crippen LogP contribution < -0.4 is 0 Å². The highest BCUT2D eigenvalue weighted by Crippen LogP contribution is 2.37. The summed E-state index contributed by atoms with van der Waals surface area (Å²) in [6.07, 6.45) is 4.89. The molecule has 0 N–H and O–H groups in total. The van der Waals surface area contributed by atoms with Crippen LogP contribution in [-0.4, -0.2) is 7.85 Å².